The van der Waals surface area contributed by atoms with E-state index in [-0.39, 0.29) is 11.5 Å². The minimum atomic E-state index is -3.31. The molecule has 38 heavy (non-hydrogen) atoms. The molecule has 0 amide bonds. The smallest absolute Gasteiger partial charge is 0.175 e. The van der Waals surface area contributed by atoms with E-state index in [4.69, 9.17) is 20.7 Å². The Hall–Kier alpha value is -3.30. The second kappa shape index (κ2) is 8.61. The summed E-state index contributed by atoms with van der Waals surface area (Å²) >= 11 is 0. The maximum Gasteiger partial charge on any atom is 0.175 e. The summed E-state index contributed by atoms with van der Waals surface area (Å²) in [6.07, 6.45) is 7.89. The lowest BCUT2D eigenvalue weighted by Gasteiger charge is -2.42. The van der Waals surface area contributed by atoms with Crippen LogP contribution in [0.5, 0.6) is 0 Å². The van der Waals surface area contributed by atoms with Gasteiger partial charge in [-0.05, 0) is 66.3 Å². The summed E-state index contributed by atoms with van der Waals surface area (Å²) in [5, 5.41) is 0. The van der Waals surface area contributed by atoms with Gasteiger partial charge in [-0.15, -0.1) is 0 Å². The van der Waals surface area contributed by atoms with Crippen LogP contribution in [0.1, 0.15) is 53.4 Å². The van der Waals surface area contributed by atoms with Crippen LogP contribution in [-0.2, 0) is 29.2 Å². The van der Waals surface area contributed by atoms with Crippen molar-refractivity contribution in [1.82, 2.24) is 9.97 Å². The van der Waals surface area contributed by atoms with Gasteiger partial charge in [0.2, 0.25) is 0 Å². The number of hydrogen-bond donors (Lipinski definition) is 1. The zero-order chi connectivity index (χ0) is 26.1. The van der Waals surface area contributed by atoms with Gasteiger partial charge in [-0.1, -0.05) is 30.3 Å². The molecule has 9 heteroatoms. The molecule has 2 aromatic carbocycles. The van der Waals surface area contributed by atoms with Crippen molar-refractivity contribution >= 4 is 27.2 Å². The Kier molecular flexibility index (Phi) is 5.39. The van der Waals surface area contributed by atoms with E-state index < -0.39 is 9.84 Å². The highest BCUT2D eigenvalue weighted by Gasteiger charge is 2.46. The largest absolute Gasteiger partial charge is 0.355 e. The Labute approximate surface area is 223 Å². The first-order chi connectivity index (χ1) is 18.3. The average Bonchev–Trinajstić information content (AvgIpc) is 3.46. The Bertz CT molecular complexity index is 1580. The third-order valence-electron chi connectivity index (χ3n) is 8.96. The molecule has 0 bridgehead atoms. The fourth-order valence-corrected chi connectivity index (χ4v) is 7.93. The fourth-order valence-electron chi connectivity index (χ4n) is 6.95. The van der Waals surface area contributed by atoms with Crippen LogP contribution < -0.4 is 15.5 Å². The number of rotatable bonds is 2. The predicted molar refractivity (Wildman–Crippen MR) is 148 cm³/mol. The predicted octanol–water partition coefficient (Wildman–Crippen LogP) is 3.44. The van der Waals surface area contributed by atoms with Crippen molar-refractivity contribution in [1.29, 1.82) is 0 Å². The van der Waals surface area contributed by atoms with Crippen LogP contribution in [0.25, 0.3) is 0 Å². The quantitative estimate of drug-likeness (QED) is 0.543. The number of hydrogen-bond acceptors (Lipinski definition) is 8. The van der Waals surface area contributed by atoms with E-state index in [0.29, 0.717) is 11.4 Å². The van der Waals surface area contributed by atoms with E-state index in [1.54, 1.807) is 6.07 Å². The number of sulfone groups is 1. The van der Waals surface area contributed by atoms with Crippen molar-refractivity contribution in [3.8, 4) is 0 Å². The Morgan fingerprint density at radius 3 is 2.66 bits per heavy atom. The van der Waals surface area contributed by atoms with Gasteiger partial charge in [0.1, 0.15) is 11.5 Å². The molecular formula is C29H32N6O2S. The van der Waals surface area contributed by atoms with E-state index in [1.807, 2.05) is 18.3 Å². The maximum absolute atomic E-state index is 12.4. The third kappa shape index (κ3) is 3.66. The van der Waals surface area contributed by atoms with Gasteiger partial charge < -0.3 is 15.5 Å². The zero-order valence-corrected chi connectivity index (χ0v) is 22.4. The molecule has 3 aliphatic heterocycles. The van der Waals surface area contributed by atoms with Crippen LogP contribution in [0, 0.1) is 5.41 Å². The van der Waals surface area contributed by atoms with Gasteiger partial charge in [0, 0.05) is 37.6 Å². The van der Waals surface area contributed by atoms with Gasteiger partial charge in [0.05, 0.1) is 23.3 Å². The maximum atomic E-state index is 12.4. The molecule has 3 aromatic rings. The molecule has 1 unspecified atom stereocenters. The number of anilines is 2. The lowest BCUT2D eigenvalue weighted by atomic mass is 9.73. The summed E-state index contributed by atoms with van der Waals surface area (Å²) in [7, 11) is -3.31. The molecule has 4 heterocycles. The van der Waals surface area contributed by atoms with Gasteiger partial charge in [0.15, 0.2) is 15.7 Å². The number of fused-ring (bicyclic) bond motifs is 3. The van der Waals surface area contributed by atoms with Crippen molar-refractivity contribution in [3.05, 3.63) is 76.7 Å². The first-order valence-corrected chi connectivity index (χ1v) is 15.3. The monoisotopic (exact) mass is 528 g/mol. The van der Waals surface area contributed by atoms with Gasteiger partial charge in [-0.2, -0.15) is 0 Å². The number of benzene rings is 2. The SMILES string of the molecule is CS(=O)(=O)c1cccc2c1CCCN2C1=NCc2nc(N3CCC4(CC3)Cc3ccccc3C4N)cnc21. The Morgan fingerprint density at radius 1 is 1.05 bits per heavy atom. The third-order valence-corrected chi connectivity index (χ3v) is 10.1. The van der Waals surface area contributed by atoms with E-state index in [1.165, 1.54) is 17.4 Å². The number of amidine groups is 1. The number of aromatic nitrogens is 2. The van der Waals surface area contributed by atoms with E-state index in [2.05, 4.69) is 34.1 Å². The number of piperidine rings is 1. The summed E-state index contributed by atoms with van der Waals surface area (Å²) in [6.45, 7) is 3.09. The topological polar surface area (TPSA) is 105 Å². The Balaban J connectivity index is 1.11. The van der Waals surface area contributed by atoms with Crippen LogP contribution in [0.4, 0.5) is 11.5 Å². The standard InChI is InChI=1S/C29H32N6O2S/c1-38(36,37)24-10-4-9-23-21(24)8-5-13-35(23)28-26-22(17-32-28)33-25(18-31-26)34-14-11-29(12-15-34)16-19-6-2-3-7-20(19)27(29)30/h2-4,6-7,9-10,18,27H,5,8,11-17,30H2,1H3. The van der Waals surface area contributed by atoms with Crippen molar-refractivity contribution in [2.24, 2.45) is 16.1 Å². The van der Waals surface area contributed by atoms with Crippen LogP contribution >= 0.6 is 0 Å². The van der Waals surface area contributed by atoms with Gasteiger partial charge >= 0.3 is 0 Å². The number of aliphatic imine (C=N–C) groups is 1. The van der Waals surface area contributed by atoms with Gasteiger partial charge in [0.25, 0.3) is 0 Å². The van der Waals surface area contributed by atoms with E-state index >= 15 is 0 Å². The van der Waals surface area contributed by atoms with Crippen LogP contribution in [0.3, 0.4) is 0 Å². The highest BCUT2D eigenvalue weighted by atomic mass is 32.2. The second-order valence-electron chi connectivity index (χ2n) is 11.1. The molecule has 0 radical (unpaired) electrons. The van der Waals surface area contributed by atoms with Crippen molar-refractivity contribution in [2.75, 3.05) is 35.7 Å². The van der Waals surface area contributed by atoms with Gasteiger partial charge in [-0.3, -0.25) is 4.99 Å². The van der Waals surface area contributed by atoms with Crippen molar-refractivity contribution in [3.63, 3.8) is 0 Å². The highest BCUT2D eigenvalue weighted by Crippen LogP contribution is 2.51. The van der Waals surface area contributed by atoms with Crippen LogP contribution in [-0.4, -0.2) is 50.1 Å². The number of nitrogens with two attached hydrogens (primary N) is 1. The number of nitrogens with zero attached hydrogens (tertiary/aromatic N) is 5. The lowest BCUT2D eigenvalue weighted by molar-refractivity contribution is 0.187. The molecular weight excluding hydrogens is 496 g/mol. The normalized spacial score (nSPS) is 21.7. The molecule has 1 spiro atoms. The zero-order valence-electron chi connectivity index (χ0n) is 21.6. The minimum absolute atomic E-state index is 0.0959. The summed E-state index contributed by atoms with van der Waals surface area (Å²) in [5.41, 5.74) is 13.1. The second-order valence-corrected chi connectivity index (χ2v) is 13.1. The minimum Gasteiger partial charge on any atom is -0.355 e. The average molecular weight is 529 g/mol. The van der Waals surface area contributed by atoms with Crippen molar-refractivity contribution in [2.45, 2.75) is 49.6 Å². The van der Waals surface area contributed by atoms with Crippen molar-refractivity contribution < 1.29 is 8.42 Å². The van der Waals surface area contributed by atoms with Crippen LogP contribution in [0.15, 0.2) is 58.5 Å². The molecule has 4 aliphatic rings. The summed E-state index contributed by atoms with van der Waals surface area (Å²) in [6, 6.07) is 14.2. The highest BCUT2D eigenvalue weighted by molar-refractivity contribution is 7.90. The summed E-state index contributed by atoms with van der Waals surface area (Å²) < 4.78 is 24.8. The molecule has 0 saturated carbocycles. The summed E-state index contributed by atoms with van der Waals surface area (Å²) in [5.74, 6) is 1.69. The molecule has 196 valence electrons. The lowest BCUT2D eigenvalue weighted by Crippen LogP contribution is -2.44. The molecule has 1 saturated heterocycles. The van der Waals surface area contributed by atoms with Gasteiger partial charge in [-0.25, -0.2) is 18.4 Å². The van der Waals surface area contributed by atoms with E-state index in [9.17, 15) is 8.42 Å². The fraction of sp³-hybridized carbons (Fsp3) is 0.414. The Morgan fingerprint density at radius 2 is 1.87 bits per heavy atom. The van der Waals surface area contributed by atoms with E-state index in [0.717, 1.165) is 86.0 Å². The first kappa shape index (κ1) is 23.8. The molecule has 2 N–H and O–H groups in total. The molecule has 8 nitrogen and oxygen atoms in total. The molecule has 1 aromatic heterocycles. The first-order valence-electron chi connectivity index (χ1n) is 13.4. The molecule has 1 atom stereocenters. The molecule has 7 rings (SSSR count). The summed E-state index contributed by atoms with van der Waals surface area (Å²) in [4.78, 5) is 19.6. The molecule has 1 aliphatic carbocycles. The van der Waals surface area contributed by atoms with Crippen LogP contribution in [0.2, 0.25) is 0 Å². The molecule has 1 fully saturated rings.